The van der Waals surface area contributed by atoms with Crippen LogP contribution < -0.4 is 20.9 Å². The summed E-state index contributed by atoms with van der Waals surface area (Å²) in [6, 6.07) is 11.8. The minimum Gasteiger partial charge on any atom is -0.497 e. The highest BCUT2D eigenvalue weighted by Crippen LogP contribution is 2.32. The van der Waals surface area contributed by atoms with Crippen LogP contribution in [0.25, 0.3) is 11.2 Å². The van der Waals surface area contributed by atoms with E-state index in [1.54, 1.807) is 14.2 Å². The van der Waals surface area contributed by atoms with Crippen molar-refractivity contribution in [2.45, 2.75) is 19.5 Å². The molecule has 0 bridgehead atoms. The first kappa shape index (κ1) is 21.3. The lowest BCUT2D eigenvalue weighted by atomic mass is 10.2. The molecule has 2 aromatic heterocycles. The Morgan fingerprint density at radius 2 is 1.94 bits per heavy atom. The number of rotatable bonds is 4. The van der Waals surface area contributed by atoms with Gasteiger partial charge in [-0.05, 0) is 30.7 Å². The second-order valence-corrected chi connectivity index (χ2v) is 8.28. The molecule has 8 nitrogen and oxygen atoms in total. The molecule has 0 aliphatic carbocycles. The highest BCUT2D eigenvalue weighted by atomic mass is 35.5. The molecule has 0 saturated heterocycles. The topological polar surface area (TPSA) is 74.3 Å². The quantitative estimate of drug-likeness (QED) is 0.458. The molecule has 0 spiro atoms. The van der Waals surface area contributed by atoms with E-state index in [9.17, 15) is 14.0 Å². The van der Waals surface area contributed by atoms with E-state index >= 15 is 0 Å². The average molecular weight is 470 g/mol. The molecule has 1 aliphatic heterocycles. The Bertz CT molecular complexity index is 1490. The Labute approximate surface area is 193 Å². The Hall–Kier alpha value is -3.59. The molecule has 5 rings (SSSR count). The zero-order chi connectivity index (χ0) is 23.3. The highest BCUT2D eigenvalue weighted by molar-refractivity contribution is 6.31. The van der Waals surface area contributed by atoms with Crippen LogP contribution in [0.5, 0.6) is 5.75 Å². The molecule has 0 amide bonds. The van der Waals surface area contributed by atoms with Gasteiger partial charge in [0.1, 0.15) is 11.6 Å². The molecule has 170 valence electrons. The van der Waals surface area contributed by atoms with Crippen LogP contribution in [0.2, 0.25) is 5.02 Å². The molecule has 0 unspecified atom stereocenters. The van der Waals surface area contributed by atoms with Gasteiger partial charge in [0.15, 0.2) is 11.2 Å². The van der Waals surface area contributed by atoms with Crippen LogP contribution in [0.4, 0.5) is 16.0 Å². The molecule has 4 aromatic rings. The fraction of sp³-hybridized carbons (Fsp3) is 0.261. The van der Waals surface area contributed by atoms with Gasteiger partial charge >= 0.3 is 5.69 Å². The number of hydrogen-bond donors (Lipinski definition) is 0. The monoisotopic (exact) mass is 469 g/mol. The van der Waals surface area contributed by atoms with Crippen LogP contribution >= 0.6 is 11.6 Å². The van der Waals surface area contributed by atoms with E-state index in [0.29, 0.717) is 30.3 Å². The number of imidazole rings is 1. The van der Waals surface area contributed by atoms with Crippen molar-refractivity contribution in [1.82, 2.24) is 18.7 Å². The van der Waals surface area contributed by atoms with Gasteiger partial charge in [0, 0.05) is 42.5 Å². The van der Waals surface area contributed by atoms with Crippen molar-refractivity contribution in [2.24, 2.45) is 7.05 Å². The fourth-order valence-electron chi connectivity index (χ4n) is 4.27. The molecule has 0 radical (unpaired) electrons. The fourth-order valence-corrected chi connectivity index (χ4v) is 4.49. The first-order valence-electron chi connectivity index (χ1n) is 10.4. The van der Waals surface area contributed by atoms with Gasteiger partial charge in [0.2, 0.25) is 5.95 Å². The van der Waals surface area contributed by atoms with Gasteiger partial charge in [-0.25, -0.2) is 9.18 Å². The third-order valence-electron chi connectivity index (χ3n) is 5.96. The Kier molecular flexibility index (Phi) is 5.20. The maximum absolute atomic E-state index is 14.4. The first-order chi connectivity index (χ1) is 15.9. The second kappa shape index (κ2) is 8.08. The number of halogens is 2. The molecule has 3 heterocycles. The molecule has 0 N–H and O–H groups in total. The van der Waals surface area contributed by atoms with Gasteiger partial charge in [-0.15, -0.1) is 0 Å². The van der Waals surface area contributed by atoms with E-state index in [0.717, 1.165) is 16.7 Å². The molecule has 0 fully saturated rings. The summed E-state index contributed by atoms with van der Waals surface area (Å²) in [5.41, 5.74) is 0.426. The standard InChI is InChI=1S/C23H21ClFN5O3/c1-27-20-19(21(31)30(23(27)32)13-16-17(24)8-4-9-18(16)25)29-11-5-10-28(22(29)26-20)14-6-3-7-15(12-14)33-2/h3-4,6-9,12H,5,10-11,13H2,1-2H3. The molecular formula is C23H21ClFN5O3. The summed E-state index contributed by atoms with van der Waals surface area (Å²) in [5, 5.41) is 0.156. The second-order valence-electron chi connectivity index (χ2n) is 7.88. The van der Waals surface area contributed by atoms with E-state index in [2.05, 4.69) is 4.98 Å². The number of aromatic nitrogens is 4. The van der Waals surface area contributed by atoms with E-state index in [1.807, 2.05) is 33.7 Å². The summed E-state index contributed by atoms with van der Waals surface area (Å²) in [7, 11) is 3.16. The molecule has 2 aromatic carbocycles. The van der Waals surface area contributed by atoms with Crippen molar-refractivity contribution in [3.05, 3.63) is 79.7 Å². The smallest absolute Gasteiger partial charge is 0.332 e. The van der Waals surface area contributed by atoms with E-state index in [1.165, 1.54) is 22.8 Å². The lowest BCUT2D eigenvalue weighted by Gasteiger charge is -2.29. The van der Waals surface area contributed by atoms with Crippen LogP contribution in [-0.4, -0.2) is 32.3 Å². The van der Waals surface area contributed by atoms with Crippen molar-refractivity contribution in [3.8, 4) is 5.75 Å². The van der Waals surface area contributed by atoms with Gasteiger partial charge < -0.3 is 14.2 Å². The first-order valence-corrected chi connectivity index (χ1v) is 10.8. The number of hydrogen-bond acceptors (Lipinski definition) is 5. The summed E-state index contributed by atoms with van der Waals surface area (Å²) in [6.45, 7) is 0.997. The average Bonchev–Trinajstić information content (AvgIpc) is 3.22. The highest BCUT2D eigenvalue weighted by Gasteiger charge is 2.27. The number of ether oxygens (including phenoxy) is 1. The lowest BCUT2D eigenvalue weighted by molar-refractivity contribution is 0.415. The normalized spacial score (nSPS) is 13.4. The Morgan fingerprint density at radius 3 is 2.70 bits per heavy atom. The van der Waals surface area contributed by atoms with E-state index in [-0.39, 0.29) is 22.8 Å². The summed E-state index contributed by atoms with van der Waals surface area (Å²) < 4.78 is 23.9. The summed E-state index contributed by atoms with van der Waals surface area (Å²) in [5.74, 6) is 0.701. The number of nitrogens with zero attached hydrogens (tertiary/aromatic N) is 5. The van der Waals surface area contributed by atoms with Gasteiger partial charge in [0.05, 0.1) is 13.7 Å². The number of methoxy groups -OCH3 is 1. The number of aryl methyl sites for hydroxylation is 2. The van der Waals surface area contributed by atoms with Crippen LogP contribution in [0.1, 0.15) is 12.0 Å². The minimum atomic E-state index is -0.588. The summed E-state index contributed by atoms with van der Waals surface area (Å²) >= 11 is 6.15. The lowest BCUT2D eigenvalue weighted by Crippen LogP contribution is -2.40. The number of anilines is 2. The van der Waals surface area contributed by atoms with E-state index in [4.69, 9.17) is 16.3 Å². The molecule has 1 aliphatic rings. The molecule has 0 saturated carbocycles. The van der Waals surface area contributed by atoms with Gasteiger partial charge in [-0.3, -0.25) is 13.9 Å². The molecule has 0 atom stereocenters. The largest absolute Gasteiger partial charge is 0.497 e. The number of fused-ring (bicyclic) bond motifs is 3. The van der Waals surface area contributed by atoms with Crippen molar-refractivity contribution in [1.29, 1.82) is 0 Å². The molecule has 33 heavy (non-hydrogen) atoms. The third-order valence-corrected chi connectivity index (χ3v) is 6.31. The van der Waals surface area contributed by atoms with E-state index < -0.39 is 17.1 Å². The predicted octanol–water partition coefficient (Wildman–Crippen LogP) is 3.29. The van der Waals surface area contributed by atoms with Crippen LogP contribution in [-0.2, 0) is 20.1 Å². The van der Waals surface area contributed by atoms with Crippen molar-refractivity contribution < 1.29 is 9.13 Å². The third kappa shape index (κ3) is 3.39. The van der Waals surface area contributed by atoms with Gasteiger partial charge in [-0.1, -0.05) is 23.7 Å². The zero-order valence-electron chi connectivity index (χ0n) is 18.1. The van der Waals surface area contributed by atoms with Crippen LogP contribution in [0.3, 0.4) is 0 Å². The molecular weight excluding hydrogens is 449 g/mol. The Balaban J connectivity index is 1.71. The van der Waals surface area contributed by atoms with Crippen molar-refractivity contribution >= 4 is 34.4 Å². The van der Waals surface area contributed by atoms with Gasteiger partial charge in [0.25, 0.3) is 5.56 Å². The predicted molar refractivity (Wildman–Crippen MR) is 124 cm³/mol. The summed E-state index contributed by atoms with van der Waals surface area (Å²) in [4.78, 5) is 33.2. The number of benzene rings is 2. The zero-order valence-corrected chi connectivity index (χ0v) is 18.8. The molecule has 10 heteroatoms. The SMILES string of the molecule is COc1cccc(N2CCCn3c2nc2c3c(=O)n(Cc3c(F)cccc3Cl)c(=O)n2C)c1. The Morgan fingerprint density at radius 1 is 1.15 bits per heavy atom. The summed E-state index contributed by atoms with van der Waals surface area (Å²) in [6.07, 6.45) is 0.775. The van der Waals surface area contributed by atoms with Crippen LogP contribution in [0, 0.1) is 5.82 Å². The minimum absolute atomic E-state index is 0.0918. The van der Waals surface area contributed by atoms with Gasteiger partial charge in [-0.2, -0.15) is 4.98 Å². The van der Waals surface area contributed by atoms with Crippen LogP contribution in [0.15, 0.2) is 52.1 Å². The maximum Gasteiger partial charge on any atom is 0.332 e. The van der Waals surface area contributed by atoms with Crippen molar-refractivity contribution in [2.75, 3.05) is 18.6 Å². The maximum atomic E-state index is 14.4. The van der Waals surface area contributed by atoms with Crippen molar-refractivity contribution in [3.63, 3.8) is 0 Å².